The van der Waals surface area contributed by atoms with Crippen LogP contribution in [0.1, 0.15) is 12.0 Å². The van der Waals surface area contributed by atoms with Crippen molar-refractivity contribution < 1.29 is 19.4 Å². The first-order valence-electron chi connectivity index (χ1n) is 8.14. The first-order chi connectivity index (χ1) is 11.6. The van der Waals surface area contributed by atoms with Gasteiger partial charge in [-0.2, -0.15) is 0 Å². The molecule has 2 saturated heterocycles. The van der Waals surface area contributed by atoms with E-state index in [4.69, 9.17) is 4.74 Å². The van der Waals surface area contributed by atoms with Crippen LogP contribution in [0, 0.1) is 11.8 Å². The van der Waals surface area contributed by atoms with Crippen molar-refractivity contribution in [3.63, 3.8) is 0 Å². The van der Waals surface area contributed by atoms with Crippen molar-refractivity contribution >= 4 is 11.9 Å². The molecule has 1 amide bonds. The number of ether oxygens (including phenoxy) is 1. The van der Waals surface area contributed by atoms with E-state index in [2.05, 4.69) is 6.58 Å². The van der Waals surface area contributed by atoms with Gasteiger partial charge in [-0.25, -0.2) is 0 Å². The molecule has 3 heterocycles. The van der Waals surface area contributed by atoms with Crippen LogP contribution in [-0.2, 0) is 20.9 Å². The zero-order valence-electron chi connectivity index (χ0n) is 13.2. The van der Waals surface area contributed by atoms with Gasteiger partial charge in [-0.1, -0.05) is 48.6 Å². The Kier molecular flexibility index (Phi) is 3.35. The maximum absolute atomic E-state index is 13.1. The van der Waals surface area contributed by atoms with Gasteiger partial charge in [-0.05, 0) is 12.0 Å². The normalized spacial score (nSPS) is 36.2. The summed E-state index contributed by atoms with van der Waals surface area (Å²) in [4.78, 5) is 26.6. The number of benzene rings is 1. The summed E-state index contributed by atoms with van der Waals surface area (Å²) in [5, 5.41) is 9.58. The molecular weight excluding hydrogens is 306 g/mol. The molecule has 0 aromatic heterocycles. The number of carbonyl (C=O) groups is 2. The molecule has 3 aliphatic heterocycles. The molecule has 1 spiro atoms. The fourth-order valence-corrected chi connectivity index (χ4v) is 4.44. The number of nitrogens with zero attached hydrogens (tertiary/aromatic N) is 1. The quantitative estimate of drug-likeness (QED) is 0.841. The highest BCUT2D eigenvalue weighted by Crippen LogP contribution is 2.55. The molecule has 0 radical (unpaired) electrons. The standard InChI is InChI=1S/C19H19NO4/c1-2-6-14-19-10-9-13(24-19)15(18(22)23)16(19)17(21)20(14)11-12-7-4-3-5-8-12/h2-5,7-10,13-16H,1,6,11H2,(H,22,23)/t13-,14+,15-,16-,19-/m1/s1. The summed E-state index contributed by atoms with van der Waals surface area (Å²) < 4.78 is 6.06. The van der Waals surface area contributed by atoms with Gasteiger partial charge in [0.1, 0.15) is 11.5 Å². The Bertz CT molecular complexity index is 728. The number of hydrogen-bond acceptors (Lipinski definition) is 3. The van der Waals surface area contributed by atoms with E-state index in [1.54, 1.807) is 17.1 Å². The molecule has 5 heteroatoms. The Morgan fingerprint density at radius 1 is 1.38 bits per heavy atom. The molecule has 124 valence electrons. The molecular formula is C19H19NO4. The molecule has 5 atom stereocenters. The van der Waals surface area contributed by atoms with Crippen LogP contribution in [0.25, 0.3) is 0 Å². The molecule has 1 aromatic carbocycles. The van der Waals surface area contributed by atoms with Crippen molar-refractivity contribution in [1.82, 2.24) is 4.90 Å². The Morgan fingerprint density at radius 2 is 2.12 bits per heavy atom. The van der Waals surface area contributed by atoms with Gasteiger partial charge in [-0.15, -0.1) is 6.58 Å². The van der Waals surface area contributed by atoms with Crippen molar-refractivity contribution in [3.05, 3.63) is 60.7 Å². The zero-order chi connectivity index (χ0) is 16.9. The number of carboxylic acid groups (broad SMARTS) is 1. The summed E-state index contributed by atoms with van der Waals surface area (Å²) >= 11 is 0. The second-order valence-electron chi connectivity index (χ2n) is 6.63. The van der Waals surface area contributed by atoms with E-state index in [1.807, 2.05) is 36.4 Å². The molecule has 0 aliphatic carbocycles. The lowest BCUT2D eigenvalue weighted by Gasteiger charge is -2.32. The lowest BCUT2D eigenvalue weighted by molar-refractivity contribution is -0.148. The van der Waals surface area contributed by atoms with Crippen molar-refractivity contribution in [3.8, 4) is 0 Å². The molecule has 3 aliphatic rings. The number of hydrogen-bond donors (Lipinski definition) is 1. The van der Waals surface area contributed by atoms with Crippen molar-refractivity contribution in [2.45, 2.75) is 30.7 Å². The molecule has 1 aromatic rings. The van der Waals surface area contributed by atoms with E-state index < -0.39 is 29.5 Å². The topological polar surface area (TPSA) is 66.8 Å². The van der Waals surface area contributed by atoms with E-state index >= 15 is 0 Å². The largest absolute Gasteiger partial charge is 0.481 e. The van der Waals surface area contributed by atoms with Gasteiger partial charge in [0.05, 0.1) is 18.1 Å². The van der Waals surface area contributed by atoms with Gasteiger partial charge in [0, 0.05) is 6.54 Å². The molecule has 0 unspecified atom stereocenters. The van der Waals surface area contributed by atoms with Crippen molar-refractivity contribution in [2.75, 3.05) is 0 Å². The molecule has 2 fully saturated rings. The highest BCUT2D eigenvalue weighted by molar-refractivity contribution is 5.91. The van der Waals surface area contributed by atoms with Crippen molar-refractivity contribution in [2.24, 2.45) is 11.8 Å². The van der Waals surface area contributed by atoms with E-state index in [0.29, 0.717) is 13.0 Å². The summed E-state index contributed by atoms with van der Waals surface area (Å²) in [6, 6.07) is 9.50. The van der Waals surface area contributed by atoms with Crippen LogP contribution in [0.2, 0.25) is 0 Å². The maximum atomic E-state index is 13.1. The van der Waals surface area contributed by atoms with Gasteiger partial charge in [0.15, 0.2) is 0 Å². The third-order valence-corrected chi connectivity index (χ3v) is 5.40. The van der Waals surface area contributed by atoms with Crippen LogP contribution < -0.4 is 0 Å². The fourth-order valence-electron chi connectivity index (χ4n) is 4.44. The summed E-state index contributed by atoms with van der Waals surface area (Å²) in [5.74, 6) is -2.57. The third kappa shape index (κ3) is 1.91. The van der Waals surface area contributed by atoms with E-state index in [-0.39, 0.29) is 11.9 Å². The Labute approximate surface area is 140 Å². The van der Waals surface area contributed by atoms with Gasteiger partial charge in [0.2, 0.25) is 5.91 Å². The lowest BCUT2D eigenvalue weighted by Crippen LogP contribution is -2.44. The second-order valence-corrected chi connectivity index (χ2v) is 6.63. The van der Waals surface area contributed by atoms with E-state index in [0.717, 1.165) is 5.56 Å². The molecule has 5 nitrogen and oxygen atoms in total. The molecule has 1 N–H and O–H groups in total. The highest BCUT2D eigenvalue weighted by Gasteiger charge is 2.70. The van der Waals surface area contributed by atoms with E-state index in [1.165, 1.54) is 0 Å². The average Bonchev–Trinajstić information content (AvgIpc) is 3.20. The zero-order valence-corrected chi connectivity index (χ0v) is 13.2. The summed E-state index contributed by atoms with van der Waals surface area (Å²) in [6.07, 6.45) is 5.52. The van der Waals surface area contributed by atoms with Gasteiger partial charge < -0.3 is 14.7 Å². The fraction of sp³-hybridized carbons (Fsp3) is 0.368. The van der Waals surface area contributed by atoms with Gasteiger partial charge >= 0.3 is 5.97 Å². The summed E-state index contributed by atoms with van der Waals surface area (Å²) in [5.41, 5.74) is 0.176. The van der Waals surface area contributed by atoms with Crippen LogP contribution in [0.4, 0.5) is 0 Å². The second kappa shape index (κ2) is 5.31. The first kappa shape index (κ1) is 15.1. The average molecular weight is 325 g/mol. The predicted octanol–water partition coefficient (Wildman–Crippen LogP) is 2.00. The number of likely N-dealkylation sites (tertiary alicyclic amines) is 1. The van der Waals surface area contributed by atoms with Gasteiger partial charge in [-0.3, -0.25) is 9.59 Å². The minimum atomic E-state index is -0.969. The SMILES string of the molecule is C=CC[C@@H]1N(Cc2ccccc2)C(=O)[C@H]2[C@H](C(=O)O)[C@H]3C=C[C@@]12O3. The smallest absolute Gasteiger partial charge is 0.310 e. The molecule has 24 heavy (non-hydrogen) atoms. The molecule has 4 rings (SSSR count). The number of carboxylic acids is 1. The van der Waals surface area contributed by atoms with Crippen molar-refractivity contribution in [1.29, 1.82) is 0 Å². The molecule has 0 saturated carbocycles. The number of rotatable bonds is 5. The van der Waals surface area contributed by atoms with Crippen LogP contribution in [-0.4, -0.2) is 39.6 Å². The van der Waals surface area contributed by atoms with Crippen LogP contribution >= 0.6 is 0 Å². The maximum Gasteiger partial charge on any atom is 0.310 e. The number of aliphatic carboxylic acids is 1. The van der Waals surface area contributed by atoms with Crippen LogP contribution in [0.3, 0.4) is 0 Å². The van der Waals surface area contributed by atoms with Crippen LogP contribution in [0.5, 0.6) is 0 Å². The summed E-state index contributed by atoms with van der Waals surface area (Å²) in [6.45, 7) is 4.25. The third-order valence-electron chi connectivity index (χ3n) is 5.40. The lowest BCUT2D eigenvalue weighted by atomic mass is 9.74. The number of amides is 1. The number of carbonyl (C=O) groups excluding carboxylic acids is 1. The minimum absolute atomic E-state index is 0.134. The Hall–Kier alpha value is -2.40. The summed E-state index contributed by atoms with van der Waals surface area (Å²) in [7, 11) is 0. The number of fused-ring (bicyclic) bond motifs is 1. The monoisotopic (exact) mass is 325 g/mol. The minimum Gasteiger partial charge on any atom is -0.481 e. The van der Waals surface area contributed by atoms with Crippen LogP contribution in [0.15, 0.2) is 55.1 Å². The van der Waals surface area contributed by atoms with E-state index in [9.17, 15) is 14.7 Å². The first-order valence-corrected chi connectivity index (χ1v) is 8.14. The molecule has 2 bridgehead atoms. The predicted molar refractivity (Wildman–Crippen MR) is 87.0 cm³/mol. The van der Waals surface area contributed by atoms with Gasteiger partial charge in [0.25, 0.3) is 0 Å². The Morgan fingerprint density at radius 3 is 2.79 bits per heavy atom. The highest BCUT2D eigenvalue weighted by atomic mass is 16.5. The Balaban J connectivity index is 1.73.